The highest BCUT2D eigenvalue weighted by Gasteiger charge is 2.22. The van der Waals surface area contributed by atoms with Crippen molar-refractivity contribution in [2.24, 2.45) is 5.73 Å². The predicted octanol–water partition coefficient (Wildman–Crippen LogP) is 3.17. The molecular formula is C23H19FN4O4. The van der Waals surface area contributed by atoms with Crippen LogP contribution in [0.25, 0.3) is 16.9 Å². The highest BCUT2D eigenvalue weighted by atomic mass is 19.1. The first-order valence-electron chi connectivity index (χ1n) is 9.41. The van der Waals surface area contributed by atoms with E-state index in [9.17, 15) is 14.0 Å². The molecule has 0 amide bonds. The van der Waals surface area contributed by atoms with E-state index in [0.717, 1.165) is 0 Å². The number of halogens is 1. The third kappa shape index (κ3) is 4.82. The first-order valence-corrected chi connectivity index (χ1v) is 9.41. The molecule has 1 aromatic heterocycles. The van der Waals surface area contributed by atoms with Gasteiger partial charge in [-0.3, -0.25) is 4.79 Å². The molecule has 2 aromatic carbocycles. The lowest BCUT2D eigenvalue weighted by Gasteiger charge is -2.06. The smallest absolute Gasteiger partial charge is 0.342 e. The molecule has 32 heavy (non-hydrogen) atoms. The molecule has 0 bridgehead atoms. The number of hydrogen-bond acceptors (Lipinski definition) is 7. The van der Waals surface area contributed by atoms with Crippen LogP contribution >= 0.6 is 0 Å². The summed E-state index contributed by atoms with van der Waals surface area (Å²) < 4.78 is 25.1. The first kappa shape index (κ1) is 22.2. The number of rotatable bonds is 7. The second-order valence-electron chi connectivity index (χ2n) is 6.71. The number of carbonyl (C=O) groups excluding carboxylic acids is 2. The molecule has 162 valence electrons. The number of aromatic nitrogens is 2. The Labute approximate surface area is 183 Å². The summed E-state index contributed by atoms with van der Waals surface area (Å²) in [4.78, 5) is 25.0. The van der Waals surface area contributed by atoms with Crippen molar-refractivity contribution < 1.29 is 23.5 Å². The van der Waals surface area contributed by atoms with Crippen LogP contribution < -0.4 is 10.5 Å². The summed E-state index contributed by atoms with van der Waals surface area (Å²) in [6, 6.07) is 14.1. The molecular weight excluding hydrogens is 415 g/mol. The fraction of sp³-hybridized carbons (Fsp3) is 0.130. The Morgan fingerprint density at radius 1 is 1.22 bits per heavy atom. The predicted molar refractivity (Wildman–Crippen MR) is 113 cm³/mol. The van der Waals surface area contributed by atoms with Crippen molar-refractivity contribution in [3.8, 4) is 28.8 Å². The molecule has 0 fully saturated rings. The number of allylic oxidation sites excluding steroid dienone is 1. The van der Waals surface area contributed by atoms with Gasteiger partial charge in [0, 0.05) is 17.5 Å². The average Bonchev–Trinajstić information content (AvgIpc) is 3.24. The summed E-state index contributed by atoms with van der Waals surface area (Å²) in [5.41, 5.74) is 6.71. The summed E-state index contributed by atoms with van der Waals surface area (Å²) in [5, 5.41) is 13.5. The zero-order valence-electron chi connectivity index (χ0n) is 17.3. The van der Waals surface area contributed by atoms with E-state index in [1.165, 1.54) is 49.2 Å². The van der Waals surface area contributed by atoms with Crippen LogP contribution in [0.1, 0.15) is 17.3 Å². The van der Waals surface area contributed by atoms with Crippen molar-refractivity contribution in [2.75, 3.05) is 13.7 Å². The van der Waals surface area contributed by atoms with Crippen molar-refractivity contribution in [1.29, 1.82) is 5.26 Å². The van der Waals surface area contributed by atoms with E-state index < -0.39 is 24.2 Å². The molecule has 2 N–H and O–H groups in total. The third-order valence-electron chi connectivity index (χ3n) is 4.49. The van der Waals surface area contributed by atoms with Gasteiger partial charge in [0.1, 0.15) is 34.5 Å². The Morgan fingerprint density at radius 3 is 2.56 bits per heavy atom. The Balaban J connectivity index is 1.98. The normalized spacial score (nSPS) is 11.3. The van der Waals surface area contributed by atoms with Crippen molar-refractivity contribution in [3.63, 3.8) is 0 Å². The number of ketones is 1. The fourth-order valence-electron chi connectivity index (χ4n) is 2.88. The Kier molecular flexibility index (Phi) is 6.65. The van der Waals surface area contributed by atoms with Crippen LogP contribution in [0.2, 0.25) is 0 Å². The van der Waals surface area contributed by atoms with E-state index in [1.807, 2.05) is 0 Å². The summed E-state index contributed by atoms with van der Waals surface area (Å²) in [5.74, 6) is -1.40. The number of nitrogens with two attached hydrogens (primary N) is 1. The van der Waals surface area contributed by atoms with E-state index in [-0.39, 0.29) is 22.5 Å². The zero-order valence-corrected chi connectivity index (χ0v) is 17.3. The lowest BCUT2D eigenvalue weighted by atomic mass is 10.1. The number of benzene rings is 2. The number of carbonyl (C=O) groups is 2. The van der Waals surface area contributed by atoms with E-state index >= 15 is 0 Å². The molecule has 9 heteroatoms. The summed E-state index contributed by atoms with van der Waals surface area (Å²) in [7, 11) is 1.51. The molecule has 0 spiro atoms. The first-order chi connectivity index (χ1) is 15.3. The number of Topliss-reactive ketones (excluding diaryl/α,β-unsaturated/α-hetero) is 1. The van der Waals surface area contributed by atoms with Gasteiger partial charge >= 0.3 is 5.97 Å². The summed E-state index contributed by atoms with van der Waals surface area (Å²) in [6.45, 7) is 0.751. The van der Waals surface area contributed by atoms with Gasteiger partial charge in [0.2, 0.25) is 5.78 Å². The number of nitrogens with zero attached hydrogens (tertiary/aromatic N) is 3. The van der Waals surface area contributed by atoms with Gasteiger partial charge in [-0.1, -0.05) is 12.1 Å². The van der Waals surface area contributed by atoms with Gasteiger partial charge in [0.25, 0.3) is 0 Å². The van der Waals surface area contributed by atoms with Gasteiger partial charge in [-0.2, -0.15) is 10.4 Å². The maximum absolute atomic E-state index is 13.3. The quantitative estimate of drug-likeness (QED) is 0.344. The monoisotopic (exact) mass is 434 g/mol. The van der Waals surface area contributed by atoms with Crippen molar-refractivity contribution in [3.05, 3.63) is 77.4 Å². The Hall–Kier alpha value is -4.45. The minimum absolute atomic E-state index is 0.0368. The third-order valence-corrected chi connectivity index (χ3v) is 4.49. The molecule has 0 saturated heterocycles. The number of hydrogen-bond donors (Lipinski definition) is 1. The van der Waals surface area contributed by atoms with Crippen LogP contribution in [0.3, 0.4) is 0 Å². The maximum atomic E-state index is 13.3. The molecule has 0 aliphatic rings. The van der Waals surface area contributed by atoms with Crippen LogP contribution in [-0.2, 0) is 9.53 Å². The van der Waals surface area contributed by atoms with Crippen molar-refractivity contribution in [1.82, 2.24) is 9.78 Å². The van der Waals surface area contributed by atoms with Crippen molar-refractivity contribution in [2.45, 2.75) is 6.92 Å². The maximum Gasteiger partial charge on any atom is 0.342 e. The number of nitriles is 1. The van der Waals surface area contributed by atoms with Crippen LogP contribution in [0.5, 0.6) is 5.75 Å². The molecule has 1 heterocycles. The molecule has 0 radical (unpaired) electrons. The topological polar surface area (TPSA) is 120 Å². The number of esters is 1. The van der Waals surface area contributed by atoms with E-state index in [2.05, 4.69) is 5.10 Å². The lowest BCUT2D eigenvalue weighted by Crippen LogP contribution is -2.17. The van der Waals surface area contributed by atoms with Crippen LogP contribution in [0.15, 0.2) is 66.0 Å². The SMILES string of the molecule is COc1cccc(-c2nn(-c3ccc(F)cc3)cc2C(=O)OCC(=O)/C(C#N)=C(/C)N)c1. The zero-order chi connectivity index (χ0) is 23.3. The van der Waals surface area contributed by atoms with Crippen molar-refractivity contribution >= 4 is 11.8 Å². The van der Waals surface area contributed by atoms with E-state index in [1.54, 1.807) is 30.3 Å². The highest BCUT2D eigenvalue weighted by Crippen LogP contribution is 2.27. The molecule has 0 unspecified atom stereocenters. The number of methoxy groups -OCH3 is 1. The van der Waals surface area contributed by atoms with Gasteiger partial charge in [-0.15, -0.1) is 0 Å². The number of ether oxygens (including phenoxy) is 2. The van der Waals surface area contributed by atoms with Gasteiger partial charge in [0.05, 0.1) is 12.8 Å². The summed E-state index contributed by atoms with van der Waals surface area (Å²) in [6.07, 6.45) is 1.42. The van der Waals surface area contributed by atoms with E-state index in [4.69, 9.17) is 20.5 Å². The van der Waals surface area contributed by atoms with Crippen LogP contribution in [0, 0.1) is 17.1 Å². The Morgan fingerprint density at radius 2 is 1.94 bits per heavy atom. The average molecular weight is 434 g/mol. The molecule has 0 aliphatic carbocycles. The molecule has 0 saturated carbocycles. The molecule has 3 aromatic rings. The largest absolute Gasteiger partial charge is 0.497 e. The molecule has 0 aliphatic heterocycles. The highest BCUT2D eigenvalue weighted by molar-refractivity contribution is 6.03. The molecule has 8 nitrogen and oxygen atoms in total. The summed E-state index contributed by atoms with van der Waals surface area (Å²) >= 11 is 0. The second-order valence-corrected chi connectivity index (χ2v) is 6.71. The fourth-order valence-corrected chi connectivity index (χ4v) is 2.88. The molecule has 0 atom stereocenters. The lowest BCUT2D eigenvalue weighted by molar-refractivity contribution is -0.118. The minimum Gasteiger partial charge on any atom is -0.497 e. The van der Waals surface area contributed by atoms with Gasteiger partial charge < -0.3 is 15.2 Å². The van der Waals surface area contributed by atoms with Gasteiger partial charge in [0.15, 0.2) is 6.61 Å². The van der Waals surface area contributed by atoms with Gasteiger partial charge in [-0.05, 0) is 43.3 Å². The minimum atomic E-state index is -0.823. The van der Waals surface area contributed by atoms with E-state index in [0.29, 0.717) is 17.0 Å². The standard InChI is InChI=1S/C23H19FN4O4/c1-14(26)19(11-25)21(29)13-32-23(30)20-12-28(17-8-6-16(24)7-9-17)27-22(20)15-4-3-5-18(10-15)31-2/h3-10,12H,13,26H2,1-2H3/b19-14-. The van der Waals surface area contributed by atoms with Crippen LogP contribution in [0.4, 0.5) is 4.39 Å². The molecule has 3 rings (SSSR count). The van der Waals surface area contributed by atoms with Crippen LogP contribution in [-0.4, -0.2) is 35.2 Å². The second kappa shape index (κ2) is 9.57. The van der Waals surface area contributed by atoms with Gasteiger partial charge in [-0.25, -0.2) is 13.9 Å². The Bertz CT molecular complexity index is 1240.